The number of hydrogen-bond acceptors (Lipinski definition) is 2. The van der Waals surface area contributed by atoms with Gasteiger partial charge in [0.25, 0.3) is 0 Å². The van der Waals surface area contributed by atoms with Crippen molar-refractivity contribution in [2.45, 2.75) is 18.9 Å². The first-order valence-electron chi connectivity index (χ1n) is 4.43. The van der Waals surface area contributed by atoms with Crippen molar-refractivity contribution in [3.63, 3.8) is 0 Å². The van der Waals surface area contributed by atoms with Crippen LogP contribution in [0.4, 0.5) is 0 Å². The van der Waals surface area contributed by atoms with Crippen LogP contribution in [0.2, 0.25) is 0 Å². The molecule has 0 fully saturated rings. The zero-order valence-corrected chi connectivity index (χ0v) is 9.42. The lowest BCUT2D eigenvalue weighted by molar-refractivity contribution is 0.522. The maximum absolute atomic E-state index is 5.48. The van der Waals surface area contributed by atoms with E-state index in [4.69, 9.17) is 12.3 Å². The summed E-state index contributed by atoms with van der Waals surface area (Å²) in [7, 11) is 0. The Hall–Kier alpha value is -0.820. The van der Waals surface area contributed by atoms with E-state index in [1.54, 1.807) is 0 Å². The number of hydrazine groups is 1. The largest absolute Gasteiger partial charge is 0.271 e. The quantitative estimate of drug-likeness (QED) is 0.491. The van der Waals surface area contributed by atoms with Crippen molar-refractivity contribution in [1.29, 1.82) is 0 Å². The Kier molecular flexibility index (Phi) is 4.68. The fourth-order valence-electron chi connectivity index (χ4n) is 1.31. The summed E-state index contributed by atoms with van der Waals surface area (Å²) >= 11 is 3.48. The van der Waals surface area contributed by atoms with Gasteiger partial charge in [0.1, 0.15) is 0 Å². The van der Waals surface area contributed by atoms with E-state index >= 15 is 0 Å². The van der Waals surface area contributed by atoms with Crippen LogP contribution in [0.5, 0.6) is 0 Å². The summed E-state index contributed by atoms with van der Waals surface area (Å²) in [6.45, 7) is 0. The topological polar surface area (TPSA) is 38.0 Å². The predicted octanol–water partition coefficient (Wildman–Crippen LogP) is 2.37. The highest BCUT2D eigenvalue weighted by Gasteiger charge is 2.10. The van der Waals surface area contributed by atoms with Crippen LogP contribution in [0.25, 0.3) is 0 Å². The van der Waals surface area contributed by atoms with Crippen molar-refractivity contribution in [1.82, 2.24) is 5.43 Å². The highest BCUT2D eigenvalue weighted by molar-refractivity contribution is 9.10. The van der Waals surface area contributed by atoms with Gasteiger partial charge in [0.2, 0.25) is 0 Å². The normalized spacial score (nSPS) is 12.1. The second-order valence-corrected chi connectivity index (χ2v) is 3.84. The molecular formula is C11H13BrN2. The lowest BCUT2D eigenvalue weighted by Gasteiger charge is -2.16. The lowest BCUT2D eigenvalue weighted by atomic mass is 10.0. The van der Waals surface area contributed by atoms with Crippen LogP contribution in [0.1, 0.15) is 24.4 Å². The minimum absolute atomic E-state index is 0.113. The molecule has 1 aromatic carbocycles. The summed E-state index contributed by atoms with van der Waals surface area (Å²) in [5.74, 6) is 8.09. The molecule has 0 amide bonds. The van der Waals surface area contributed by atoms with Gasteiger partial charge in [-0.2, -0.15) is 0 Å². The summed E-state index contributed by atoms with van der Waals surface area (Å²) in [5, 5.41) is 0. The van der Waals surface area contributed by atoms with Gasteiger partial charge in [0.05, 0.1) is 0 Å². The molecule has 0 heterocycles. The summed E-state index contributed by atoms with van der Waals surface area (Å²) < 4.78 is 1.06. The SMILES string of the molecule is C#CCCC(NN)c1ccccc1Br. The molecule has 2 nitrogen and oxygen atoms in total. The molecule has 3 heteroatoms. The van der Waals surface area contributed by atoms with Gasteiger partial charge in [0.15, 0.2) is 0 Å². The first-order valence-corrected chi connectivity index (χ1v) is 5.23. The van der Waals surface area contributed by atoms with Gasteiger partial charge in [-0.05, 0) is 18.1 Å². The fraction of sp³-hybridized carbons (Fsp3) is 0.273. The molecule has 0 radical (unpaired) electrons. The zero-order chi connectivity index (χ0) is 10.4. The molecule has 0 aliphatic rings. The molecule has 0 aliphatic carbocycles. The Morgan fingerprint density at radius 2 is 2.21 bits per heavy atom. The molecule has 0 saturated heterocycles. The van der Waals surface area contributed by atoms with Gasteiger partial charge < -0.3 is 0 Å². The maximum Gasteiger partial charge on any atom is 0.0480 e. The molecule has 0 aromatic heterocycles. The van der Waals surface area contributed by atoms with E-state index in [1.807, 2.05) is 24.3 Å². The summed E-state index contributed by atoms with van der Waals surface area (Å²) in [5.41, 5.74) is 3.91. The maximum atomic E-state index is 5.48. The predicted molar refractivity (Wildman–Crippen MR) is 62.3 cm³/mol. The molecule has 14 heavy (non-hydrogen) atoms. The van der Waals surface area contributed by atoms with Gasteiger partial charge in [-0.3, -0.25) is 11.3 Å². The van der Waals surface area contributed by atoms with Gasteiger partial charge >= 0.3 is 0 Å². The van der Waals surface area contributed by atoms with Crippen LogP contribution in [-0.2, 0) is 0 Å². The fourth-order valence-corrected chi connectivity index (χ4v) is 1.88. The number of terminal acetylenes is 1. The number of rotatable bonds is 4. The Balaban J connectivity index is 2.79. The average Bonchev–Trinajstić information content (AvgIpc) is 2.21. The van der Waals surface area contributed by atoms with Crippen molar-refractivity contribution >= 4 is 15.9 Å². The zero-order valence-electron chi connectivity index (χ0n) is 7.83. The van der Waals surface area contributed by atoms with E-state index in [1.165, 1.54) is 0 Å². The van der Waals surface area contributed by atoms with Gasteiger partial charge in [-0.1, -0.05) is 34.1 Å². The first-order chi connectivity index (χ1) is 6.79. The number of nitrogens with one attached hydrogen (secondary N) is 1. The minimum atomic E-state index is 0.113. The highest BCUT2D eigenvalue weighted by atomic mass is 79.9. The molecule has 1 unspecified atom stereocenters. The minimum Gasteiger partial charge on any atom is -0.271 e. The number of nitrogens with two attached hydrogens (primary N) is 1. The van der Waals surface area contributed by atoms with Crippen molar-refractivity contribution in [2.24, 2.45) is 5.84 Å². The van der Waals surface area contributed by atoms with E-state index in [-0.39, 0.29) is 6.04 Å². The smallest absolute Gasteiger partial charge is 0.0480 e. The second kappa shape index (κ2) is 5.82. The van der Waals surface area contributed by atoms with Crippen LogP contribution < -0.4 is 11.3 Å². The molecule has 74 valence electrons. The van der Waals surface area contributed by atoms with Crippen molar-refractivity contribution in [3.05, 3.63) is 34.3 Å². The van der Waals surface area contributed by atoms with Gasteiger partial charge in [-0.25, -0.2) is 0 Å². The summed E-state index contributed by atoms with van der Waals surface area (Å²) in [6.07, 6.45) is 6.78. The standard InChI is InChI=1S/C11H13BrN2/c1-2-3-8-11(14-13)9-6-4-5-7-10(9)12/h1,4-7,11,14H,3,8,13H2. The molecule has 1 atom stereocenters. The third-order valence-corrected chi connectivity index (χ3v) is 2.78. The van der Waals surface area contributed by atoms with Gasteiger partial charge in [0, 0.05) is 16.9 Å². The molecule has 0 saturated carbocycles. The van der Waals surface area contributed by atoms with Crippen LogP contribution in [0.3, 0.4) is 0 Å². The van der Waals surface area contributed by atoms with Crippen molar-refractivity contribution in [2.75, 3.05) is 0 Å². The molecule has 1 aromatic rings. The Morgan fingerprint density at radius 3 is 2.79 bits per heavy atom. The van der Waals surface area contributed by atoms with E-state index in [9.17, 15) is 0 Å². The number of benzene rings is 1. The molecule has 0 bridgehead atoms. The van der Waals surface area contributed by atoms with E-state index in [0.29, 0.717) is 0 Å². The van der Waals surface area contributed by atoms with Crippen LogP contribution in [-0.4, -0.2) is 0 Å². The Labute approximate surface area is 93.0 Å². The average molecular weight is 253 g/mol. The third kappa shape index (κ3) is 2.85. The molecule has 0 aliphatic heterocycles. The number of hydrogen-bond donors (Lipinski definition) is 2. The monoisotopic (exact) mass is 252 g/mol. The molecule has 0 spiro atoms. The second-order valence-electron chi connectivity index (χ2n) is 2.98. The van der Waals surface area contributed by atoms with Gasteiger partial charge in [-0.15, -0.1) is 12.3 Å². The lowest BCUT2D eigenvalue weighted by Crippen LogP contribution is -2.28. The Morgan fingerprint density at radius 1 is 1.50 bits per heavy atom. The van der Waals surface area contributed by atoms with Crippen molar-refractivity contribution in [3.8, 4) is 12.3 Å². The van der Waals surface area contributed by atoms with Crippen LogP contribution in [0, 0.1) is 12.3 Å². The molecular weight excluding hydrogens is 240 g/mol. The summed E-state index contributed by atoms with van der Waals surface area (Å²) in [6, 6.07) is 8.10. The highest BCUT2D eigenvalue weighted by Crippen LogP contribution is 2.25. The van der Waals surface area contributed by atoms with Crippen molar-refractivity contribution < 1.29 is 0 Å². The van der Waals surface area contributed by atoms with Crippen LogP contribution >= 0.6 is 15.9 Å². The third-order valence-electron chi connectivity index (χ3n) is 2.06. The first kappa shape index (κ1) is 11.3. The van der Waals surface area contributed by atoms with Crippen LogP contribution in [0.15, 0.2) is 28.7 Å². The number of halogens is 1. The van der Waals surface area contributed by atoms with E-state index < -0.39 is 0 Å². The summed E-state index contributed by atoms with van der Waals surface area (Å²) in [4.78, 5) is 0. The van der Waals surface area contributed by atoms with E-state index in [0.717, 1.165) is 22.9 Å². The van der Waals surface area contributed by atoms with E-state index in [2.05, 4.69) is 27.3 Å². The Bertz CT molecular complexity index is 330. The molecule has 1 rings (SSSR count). The molecule has 3 N–H and O–H groups in total.